The molecule has 7 heteroatoms. The summed E-state index contributed by atoms with van der Waals surface area (Å²) in [7, 11) is 0. The van der Waals surface area contributed by atoms with Crippen LogP contribution in [0.15, 0.2) is 22.8 Å². The molecular formula is C19H22BrN5S. The van der Waals surface area contributed by atoms with Crippen LogP contribution in [0, 0.1) is 11.8 Å². The number of hydrogen-bond donors (Lipinski definition) is 2. The van der Waals surface area contributed by atoms with E-state index < -0.39 is 0 Å². The highest BCUT2D eigenvalue weighted by Gasteiger charge is 2.19. The van der Waals surface area contributed by atoms with Crippen LogP contribution in [0.4, 0.5) is 5.95 Å². The molecule has 0 aliphatic carbocycles. The van der Waals surface area contributed by atoms with Gasteiger partial charge in [0.05, 0.1) is 17.6 Å². The van der Waals surface area contributed by atoms with Gasteiger partial charge in [-0.05, 0) is 54.4 Å². The van der Waals surface area contributed by atoms with Gasteiger partial charge >= 0.3 is 0 Å². The minimum Gasteiger partial charge on any atom is -0.337 e. The molecule has 0 radical (unpaired) electrons. The Morgan fingerprint density at radius 2 is 2.23 bits per heavy atom. The number of nitrogens with two attached hydrogens (primary N) is 1. The predicted molar refractivity (Wildman–Crippen MR) is 113 cm³/mol. The molecule has 0 spiro atoms. The first-order valence-electron chi connectivity index (χ1n) is 8.66. The summed E-state index contributed by atoms with van der Waals surface area (Å²) < 4.78 is 1.12. The number of halogens is 1. The molecule has 3 rings (SSSR count). The standard InChI is InChI=1S/C19H22BrN5S/c1-3-7-13-16(26-15(4-2)17(13)20)12-25(11-6-9-21)19-23-14-8-5-10-22-18(14)24-19/h5,8,10H,4,6,9,11-12,21H2,1-2H3,(H,22,23,24). The number of aromatic amines is 1. The van der Waals surface area contributed by atoms with Gasteiger partial charge in [-0.15, -0.1) is 17.3 Å². The fraction of sp³-hybridized carbons (Fsp3) is 0.368. The molecule has 0 saturated heterocycles. The van der Waals surface area contributed by atoms with Crippen molar-refractivity contribution in [3.05, 3.63) is 38.1 Å². The van der Waals surface area contributed by atoms with Gasteiger partial charge in [-0.2, -0.15) is 4.98 Å². The predicted octanol–water partition coefficient (Wildman–Crippen LogP) is 4.07. The first-order valence-corrected chi connectivity index (χ1v) is 10.3. The molecule has 5 nitrogen and oxygen atoms in total. The zero-order valence-electron chi connectivity index (χ0n) is 15.0. The summed E-state index contributed by atoms with van der Waals surface area (Å²) in [6.45, 7) is 6.25. The Balaban J connectivity index is 1.97. The average molecular weight is 432 g/mol. The second-order valence-corrected chi connectivity index (χ2v) is 7.85. The van der Waals surface area contributed by atoms with Gasteiger partial charge < -0.3 is 15.6 Å². The van der Waals surface area contributed by atoms with Crippen molar-refractivity contribution >= 4 is 44.4 Å². The second-order valence-electron chi connectivity index (χ2n) is 5.86. The average Bonchev–Trinajstić information content (AvgIpc) is 3.21. The number of rotatable bonds is 7. The molecule has 0 atom stereocenters. The van der Waals surface area contributed by atoms with Crippen LogP contribution in [0.5, 0.6) is 0 Å². The van der Waals surface area contributed by atoms with E-state index in [-0.39, 0.29) is 0 Å². The molecule has 3 aromatic rings. The lowest BCUT2D eigenvalue weighted by Gasteiger charge is -2.21. The van der Waals surface area contributed by atoms with Gasteiger partial charge in [-0.25, -0.2) is 4.98 Å². The van der Waals surface area contributed by atoms with E-state index in [1.807, 2.05) is 30.4 Å². The quantitative estimate of drug-likeness (QED) is 0.553. The lowest BCUT2D eigenvalue weighted by molar-refractivity contribution is 0.724. The highest BCUT2D eigenvalue weighted by atomic mass is 79.9. The Bertz CT molecular complexity index is 917. The summed E-state index contributed by atoms with van der Waals surface area (Å²) in [5.74, 6) is 7.12. The van der Waals surface area contributed by atoms with Crippen LogP contribution >= 0.6 is 27.3 Å². The number of H-pyrrole nitrogens is 1. The summed E-state index contributed by atoms with van der Waals surface area (Å²) in [5, 5.41) is 0. The Morgan fingerprint density at radius 3 is 2.92 bits per heavy atom. The monoisotopic (exact) mass is 431 g/mol. The zero-order chi connectivity index (χ0) is 18.5. The van der Waals surface area contributed by atoms with Crippen molar-refractivity contribution < 1.29 is 0 Å². The highest BCUT2D eigenvalue weighted by Crippen LogP contribution is 2.34. The number of anilines is 1. The van der Waals surface area contributed by atoms with Crippen molar-refractivity contribution in [1.82, 2.24) is 15.0 Å². The topological polar surface area (TPSA) is 70.8 Å². The third-order valence-electron chi connectivity index (χ3n) is 4.07. The Morgan fingerprint density at radius 1 is 1.38 bits per heavy atom. The van der Waals surface area contributed by atoms with Gasteiger partial charge in [0, 0.05) is 27.0 Å². The summed E-state index contributed by atoms with van der Waals surface area (Å²) >= 11 is 5.54. The number of hydrogen-bond acceptors (Lipinski definition) is 5. The number of thiophene rings is 1. The number of pyridine rings is 1. The molecule has 3 aromatic heterocycles. The smallest absolute Gasteiger partial charge is 0.205 e. The SMILES string of the molecule is CC#Cc1c(CN(CCCN)c2nc3ncccc3[nH]2)sc(CC)c1Br. The fourth-order valence-corrected chi connectivity index (χ4v) is 4.89. The maximum absolute atomic E-state index is 5.75. The normalized spacial score (nSPS) is 10.8. The van der Waals surface area contributed by atoms with Crippen molar-refractivity contribution in [3.63, 3.8) is 0 Å². The molecule has 3 heterocycles. The molecule has 0 aliphatic heterocycles. The van der Waals surface area contributed by atoms with Gasteiger partial charge in [0.15, 0.2) is 5.65 Å². The lowest BCUT2D eigenvalue weighted by atomic mass is 10.2. The van der Waals surface area contributed by atoms with E-state index in [1.165, 1.54) is 9.75 Å². The van der Waals surface area contributed by atoms with E-state index in [2.05, 4.69) is 54.5 Å². The molecule has 0 fully saturated rings. The molecular weight excluding hydrogens is 410 g/mol. The highest BCUT2D eigenvalue weighted by molar-refractivity contribution is 9.10. The number of nitrogens with zero attached hydrogens (tertiary/aromatic N) is 3. The van der Waals surface area contributed by atoms with E-state index in [1.54, 1.807) is 6.20 Å². The van der Waals surface area contributed by atoms with Crippen LogP contribution < -0.4 is 10.6 Å². The van der Waals surface area contributed by atoms with Crippen molar-refractivity contribution in [2.24, 2.45) is 5.73 Å². The number of imidazole rings is 1. The third-order valence-corrected chi connectivity index (χ3v) is 6.53. The van der Waals surface area contributed by atoms with Crippen LogP contribution in [-0.2, 0) is 13.0 Å². The molecule has 3 N–H and O–H groups in total. The number of nitrogens with one attached hydrogen (secondary N) is 1. The van der Waals surface area contributed by atoms with Gasteiger partial charge in [-0.3, -0.25) is 0 Å². The minimum absolute atomic E-state index is 0.644. The number of aryl methyl sites for hydroxylation is 1. The van der Waals surface area contributed by atoms with Crippen molar-refractivity contribution in [3.8, 4) is 11.8 Å². The first kappa shape index (κ1) is 18.9. The molecule has 0 unspecified atom stereocenters. The summed E-state index contributed by atoms with van der Waals surface area (Å²) in [6, 6.07) is 3.90. The molecule has 26 heavy (non-hydrogen) atoms. The molecule has 0 aliphatic rings. The van der Waals surface area contributed by atoms with Crippen molar-refractivity contribution in [1.29, 1.82) is 0 Å². The van der Waals surface area contributed by atoms with E-state index >= 15 is 0 Å². The lowest BCUT2D eigenvalue weighted by Crippen LogP contribution is -2.26. The van der Waals surface area contributed by atoms with Crippen molar-refractivity contribution in [2.75, 3.05) is 18.0 Å². The van der Waals surface area contributed by atoms with Crippen LogP contribution in [0.2, 0.25) is 0 Å². The summed E-state index contributed by atoms with van der Waals surface area (Å²) in [6.07, 6.45) is 3.64. The van der Waals surface area contributed by atoms with E-state index in [0.29, 0.717) is 6.54 Å². The minimum atomic E-state index is 0.644. The largest absolute Gasteiger partial charge is 0.337 e. The molecule has 136 valence electrons. The maximum atomic E-state index is 5.75. The maximum Gasteiger partial charge on any atom is 0.205 e. The van der Waals surface area contributed by atoms with Gasteiger partial charge in [0.2, 0.25) is 5.95 Å². The van der Waals surface area contributed by atoms with Crippen LogP contribution in [-0.4, -0.2) is 28.0 Å². The Hall–Kier alpha value is -1.88. The summed E-state index contributed by atoms with van der Waals surface area (Å²) in [4.78, 5) is 17.2. The molecule has 0 amide bonds. The Labute approximate surface area is 166 Å². The first-order chi connectivity index (χ1) is 12.7. The van der Waals surface area contributed by atoms with Crippen molar-refractivity contribution in [2.45, 2.75) is 33.2 Å². The van der Waals surface area contributed by atoms with Crippen LogP contribution in [0.1, 0.15) is 35.6 Å². The number of fused-ring (bicyclic) bond motifs is 1. The summed E-state index contributed by atoms with van der Waals surface area (Å²) in [5.41, 5.74) is 8.51. The molecule has 0 bridgehead atoms. The fourth-order valence-electron chi connectivity index (χ4n) is 2.79. The zero-order valence-corrected chi connectivity index (χ0v) is 17.4. The van der Waals surface area contributed by atoms with E-state index in [4.69, 9.17) is 5.73 Å². The van der Waals surface area contributed by atoms with Gasteiger partial charge in [0.25, 0.3) is 0 Å². The second kappa shape index (κ2) is 8.67. The van der Waals surface area contributed by atoms with Crippen LogP contribution in [0.3, 0.4) is 0 Å². The Kier molecular flexibility index (Phi) is 6.30. The van der Waals surface area contributed by atoms with Gasteiger partial charge in [-0.1, -0.05) is 12.8 Å². The molecule has 0 saturated carbocycles. The van der Waals surface area contributed by atoms with Gasteiger partial charge in [0.1, 0.15) is 0 Å². The molecule has 0 aromatic carbocycles. The third kappa shape index (κ3) is 3.93. The van der Waals surface area contributed by atoms with Crippen LogP contribution in [0.25, 0.3) is 11.2 Å². The van der Waals surface area contributed by atoms with E-state index in [9.17, 15) is 0 Å². The van der Waals surface area contributed by atoms with E-state index in [0.717, 1.165) is 53.1 Å². The number of aromatic nitrogens is 3.